The van der Waals surface area contributed by atoms with Gasteiger partial charge in [0.2, 0.25) is 0 Å². The van der Waals surface area contributed by atoms with Crippen LogP contribution in [0.4, 0.5) is 0 Å². The molecule has 0 aliphatic rings. The molecule has 0 aliphatic heterocycles. The standard InChI is InChI=1S/C12H14ClNO/c1-7-5-8(12(2,3)4)10-9(6-7)14-11(13)15-10/h5-6H,1-4H3. The number of hydrogen-bond acceptors (Lipinski definition) is 2. The minimum atomic E-state index is 0.0349. The summed E-state index contributed by atoms with van der Waals surface area (Å²) in [6.45, 7) is 8.50. The Hall–Kier alpha value is -1.02. The smallest absolute Gasteiger partial charge is 0.293 e. The highest BCUT2D eigenvalue weighted by atomic mass is 35.5. The fourth-order valence-corrected chi connectivity index (χ4v) is 1.87. The van der Waals surface area contributed by atoms with E-state index in [-0.39, 0.29) is 10.8 Å². The molecule has 0 amide bonds. The first-order valence-electron chi connectivity index (χ1n) is 4.95. The maximum atomic E-state index is 5.78. The second-order valence-corrected chi connectivity index (χ2v) is 5.20. The Balaban J connectivity index is 2.82. The summed E-state index contributed by atoms with van der Waals surface area (Å²) in [6, 6.07) is 4.11. The quantitative estimate of drug-likeness (QED) is 0.673. The van der Waals surface area contributed by atoms with Gasteiger partial charge < -0.3 is 4.42 Å². The van der Waals surface area contributed by atoms with Crippen molar-refractivity contribution in [3.05, 3.63) is 28.6 Å². The van der Waals surface area contributed by atoms with Crippen LogP contribution in [0.2, 0.25) is 5.35 Å². The monoisotopic (exact) mass is 223 g/mol. The van der Waals surface area contributed by atoms with Crippen molar-refractivity contribution in [3.8, 4) is 0 Å². The van der Waals surface area contributed by atoms with Crippen molar-refractivity contribution in [2.45, 2.75) is 33.1 Å². The Labute approximate surface area is 94.3 Å². The molecule has 1 heterocycles. The zero-order chi connectivity index (χ0) is 11.2. The van der Waals surface area contributed by atoms with Crippen LogP contribution in [0.25, 0.3) is 11.1 Å². The lowest BCUT2D eigenvalue weighted by molar-refractivity contribution is 0.555. The van der Waals surface area contributed by atoms with Gasteiger partial charge in [0.1, 0.15) is 5.52 Å². The van der Waals surface area contributed by atoms with Gasteiger partial charge in [-0.25, -0.2) is 0 Å². The molecular weight excluding hydrogens is 210 g/mol. The molecule has 1 aromatic carbocycles. The van der Waals surface area contributed by atoms with E-state index in [0.717, 1.165) is 16.7 Å². The SMILES string of the molecule is Cc1cc(C(C)(C)C)c2oc(Cl)nc2c1. The molecule has 2 aromatic rings. The minimum Gasteiger partial charge on any atom is -0.427 e. The van der Waals surface area contributed by atoms with E-state index in [1.54, 1.807) is 0 Å². The molecule has 0 radical (unpaired) electrons. The number of rotatable bonds is 0. The van der Waals surface area contributed by atoms with Crippen LogP contribution in [0.3, 0.4) is 0 Å². The summed E-state index contributed by atoms with van der Waals surface area (Å²) in [5.74, 6) is 0. The summed E-state index contributed by atoms with van der Waals surface area (Å²) >= 11 is 5.78. The first kappa shape index (κ1) is 10.5. The highest BCUT2D eigenvalue weighted by Gasteiger charge is 2.20. The van der Waals surface area contributed by atoms with Gasteiger partial charge in [0.05, 0.1) is 0 Å². The highest BCUT2D eigenvalue weighted by Crippen LogP contribution is 2.32. The molecule has 15 heavy (non-hydrogen) atoms. The van der Waals surface area contributed by atoms with Gasteiger partial charge in [-0.1, -0.05) is 26.8 Å². The van der Waals surface area contributed by atoms with Crippen molar-refractivity contribution in [2.24, 2.45) is 0 Å². The maximum Gasteiger partial charge on any atom is 0.293 e. The lowest BCUT2D eigenvalue weighted by Crippen LogP contribution is -2.11. The number of halogens is 1. The summed E-state index contributed by atoms with van der Waals surface area (Å²) in [7, 11) is 0. The molecule has 0 spiro atoms. The fraction of sp³-hybridized carbons (Fsp3) is 0.417. The first-order valence-corrected chi connectivity index (χ1v) is 5.33. The second-order valence-electron chi connectivity index (χ2n) is 4.88. The van der Waals surface area contributed by atoms with Crippen molar-refractivity contribution in [1.82, 2.24) is 4.98 Å². The van der Waals surface area contributed by atoms with Crippen molar-refractivity contribution in [2.75, 3.05) is 0 Å². The lowest BCUT2D eigenvalue weighted by Gasteiger charge is -2.19. The predicted molar refractivity (Wildman–Crippen MR) is 62.5 cm³/mol. The minimum absolute atomic E-state index is 0.0349. The van der Waals surface area contributed by atoms with E-state index in [4.69, 9.17) is 16.0 Å². The molecule has 0 fully saturated rings. The van der Waals surface area contributed by atoms with Crippen LogP contribution < -0.4 is 0 Å². The van der Waals surface area contributed by atoms with E-state index < -0.39 is 0 Å². The van der Waals surface area contributed by atoms with Gasteiger partial charge in [-0.05, 0) is 35.6 Å². The molecule has 1 aromatic heterocycles. The van der Waals surface area contributed by atoms with Crippen LogP contribution in [0, 0.1) is 6.92 Å². The summed E-state index contributed by atoms with van der Waals surface area (Å²) in [4.78, 5) is 4.15. The number of hydrogen-bond donors (Lipinski definition) is 0. The average Bonchev–Trinajstić information content (AvgIpc) is 2.41. The Kier molecular flexibility index (Phi) is 2.27. The van der Waals surface area contributed by atoms with Gasteiger partial charge in [0.25, 0.3) is 5.35 Å². The van der Waals surface area contributed by atoms with Gasteiger partial charge in [-0.15, -0.1) is 0 Å². The molecule has 3 heteroatoms. The third kappa shape index (κ3) is 1.86. The summed E-state index contributed by atoms with van der Waals surface area (Å²) < 4.78 is 5.43. The number of nitrogens with zero attached hydrogens (tertiary/aromatic N) is 1. The van der Waals surface area contributed by atoms with Crippen LogP contribution >= 0.6 is 11.6 Å². The zero-order valence-corrected chi connectivity index (χ0v) is 10.1. The van der Waals surface area contributed by atoms with E-state index >= 15 is 0 Å². The van der Waals surface area contributed by atoms with Crippen LogP contribution in [0.1, 0.15) is 31.9 Å². The van der Waals surface area contributed by atoms with E-state index in [1.165, 1.54) is 5.56 Å². The number of oxazole rings is 1. The van der Waals surface area contributed by atoms with Crippen LogP contribution in [-0.2, 0) is 5.41 Å². The van der Waals surface area contributed by atoms with Crippen LogP contribution in [0.15, 0.2) is 16.5 Å². The molecule has 0 saturated heterocycles. The van der Waals surface area contributed by atoms with Crippen LogP contribution in [0.5, 0.6) is 0 Å². The lowest BCUT2D eigenvalue weighted by atomic mass is 9.85. The number of benzene rings is 1. The number of aromatic nitrogens is 1. The Morgan fingerprint density at radius 2 is 1.93 bits per heavy atom. The van der Waals surface area contributed by atoms with E-state index in [2.05, 4.69) is 38.7 Å². The third-order valence-electron chi connectivity index (χ3n) is 2.42. The van der Waals surface area contributed by atoms with Gasteiger partial charge in [-0.3, -0.25) is 0 Å². The topological polar surface area (TPSA) is 26.0 Å². The van der Waals surface area contributed by atoms with Crippen molar-refractivity contribution in [3.63, 3.8) is 0 Å². The molecule has 2 rings (SSSR count). The fourth-order valence-electron chi connectivity index (χ4n) is 1.70. The van der Waals surface area contributed by atoms with Crippen molar-refractivity contribution < 1.29 is 4.42 Å². The number of fused-ring (bicyclic) bond motifs is 1. The van der Waals surface area contributed by atoms with E-state index in [0.29, 0.717) is 0 Å². The summed E-state index contributed by atoms with van der Waals surface area (Å²) in [5, 5.41) is 0.209. The number of aryl methyl sites for hydroxylation is 1. The molecule has 0 N–H and O–H groups in total. The second kappa shape index (κ2) is 3.24. The highest BCUT2D eigenvalue weighted by molar-refractivity contribution is 6.28. The Bertz CT molecular complexity index is 508. The first-order chi connectivity index (χ1) is 6.88. The van der Waals surface area contributed by atoms with Gasteiger partial charge >= 0.3 is 0 Å². The molecule has 0 bridgehead atoms. The average molecular weight is 224 g/mol. The van der Waals surface area contributed by atoms with Gasteiger partial charge in [-0.2, -0.15) is 4.98 Å². The molecule has 80 valence electrons. The largest absolute Gasteiger partial charge is 0.427 e. The van der Waals surface area contributed by atoms with Crippen molar-refractivity contribution in [1.29, 1.82) is 0 Å². The zero-order valence-electron chi connectivity index (χ0n) is 9.39. The summed E-state index contributed by atoms with van der Waals surface area (Å²) in [5.41, 5.74) is 4.00. The van der Waals surface area contributed by atoms with E-state index in [1.807, 2.05) is 6.07 Å². The third-order valence-corrected chi connectivity index (χ3v) is 2.58. The molecule has 2 nitrogen and oxygen atoms in total. The van der Waals surface area contributed by atoms with Gasteiger partial charge in [0.15, 0.2) is 5.58 Å². The Morgan fingerprint density at radius 3 is 2.53 bits per heavy atom. The van der Waals surface area contributed by atoms with Crippen molar-refractivity contribution >= 4 is 22.7 Å². The molecule has 0 unspecified atom stereocenters. The maximum absolute atomic E-state index is 5.78. The van der Waals surface area contributed by atoms with E-state index in [9.17, 15) is 0 Å². The normalized spacial score (nSPS) is 12.3. The van der Waals surface area contributed by atoms with Gasteiger partial charge in [0, 0.05) is 5.56 Å². The molecule has 0 aliphatic carbocycles. The van der Waals surface area contributed by atoms with Crippen LogP contribution in [-0.4, -0.2) is 4.98 Å². The molecular formula is C12H14ClNO. The molecule has 0 saturated carbocycles. The summed E-state index contributed by atoms with van der Waals surface area (Å²) in [6.07, 6.45) is 0. The predicted octanol–water partition coefficient (Wildman–Crippen LogP) is 4.09. The Morgan fingerprint density at radius 1 is 1.27 bits per heavy atom. The molecule has 0 atom stereocenters.